The second kappa shape index (κ2) is 8.69. The molecule has 6 nitrogen and oxygen atoms in total. The van der Waals surface area contributed by atoms with Gasteiger partial charge in [-0.05, 0) is 42.3 Å². The number of amides is 2. The Balaban J connectivity index is 1.59. The molecule has 2 aromatic rings. The summed E-state index contributed by atoms with van der Waals surface area (Å²) in [7, 11) is 1.65. The van der Waals surface area contributed by atoms with E-state index in [2.05, 4.69) is 10.6 Å². The van der Waals surface area contributed by atoms with Gasteiger partial charge in [-0.25, -0.2) is 4.79 Å². The van der Waals surface area contributed by atoms with Gasteiger partial charge in [0.15, 0.2) is 0 Å². The Morgan fingerprint density at radius 1 is 1.15 bits per heavy atom. The second-order valence-corrected chi connectivity index (χ2v) is 6.05. The van der Waals surface area contributed by atoms with Crippen LogP contribution in [0.25, 0.3) is 11.1 Å². The lowest BCUT2D eigenvalue weighted by Gasteiger charge is -2.19. The van der Waals surface area contributed by atoms with Gasteiger partial charge in [0, 0.05) is 12.3 Å². The van der Waals surface area contributed by atoms with Crippen LogP contribution < -0.4 is 15.4 Å². The molecule has 0 spiro atoms. The Morgan fingerprint density at radius 2 is 1.96 bits per heavy atom. The highest BCUT2D eigenvalue weighted by Crippen LogP contribution is 2.25. The van der Waals surface area contributed by atoms with Crippen LogP contribution in [0.15, 0.2) is 48.5 Å². The maximum absolute atomic E-state index is 12.2. The molecular weight excluding hydrogens is 332 g/mol. The average molecular weight is 356 g/mol. The smallest absolute Gasteiger partial charge is 0.319 e. The standard InChI is InChI=1S/C20H24N2O4/c1-3-26-19-13-25-12-18(19)22-20(23)21-16-9-7-14(8-10-16)15-5-4-6-17(11-15)24-2/h4-11,18-19H,3,12-13H2,1-2H3,(H2,21,22,23)/t18-,19-/m1/s1. The topological polar surface area (TPSA) is 68.8 Å². The lowest BCUT2D eigenvalue weighted by Crippen LogP contribution is -2.45. The third-order valence-electron chi connectivity index (χ3n) is 4.27. The quantitative estimate of drug-likeness (QED) is 0.833. The molecule has 1 aliphatic rings. The minimum atomic E-state index is -0.265. The van der Waals surface area contributed by atoms with Crippen LogP contribution >= 0.6 is 0 Å². The maximum atomic E-state index is 12.2. The molecule has 2 amide bonds. The van der Waals surface area contributed by atoms with Gasteiger partial charge in [0.1, 0.15) is 11.9 Å². The first-order chi connectivity index (χ1) is 12.7. The maximum Gasteiger partial charge on any atom is 0.319 e. The highest BCUT2D eigenvalue weighted by atomic mass is 16.5. The lowest BCUT2D eigenvalue weighted by atomic mass is 10.1. The molecule has 2 atom stereocenters. The van der Waals surface area contributed by atoms with Gasteiger partial charge in [0.05, 0.1) is 26.4 Å². The van der Waals surface area contributed by atoms with E-state index >= 15 is 0 Å². The van der Waals surface area contributed by atoms with Gasteiger partial charge < -0.3 is 24.8 Å². The van der Waals surface area contributed by atoms with Crippen molar-refractivity contribution in [1.82, 2.24) is 5.32 Å². The number of hydrogen-bond acceptors (Lipinski definition) is 4. The third-order valence-corrected chi connectivity index (χ3v) is 4.27. The van der Waals surface area contributed by atoms with Crippen molar-refractivity contribution in [2.24, 2.45) is 0 Å². The van der Waals surface area contributed by atoms with Crippen LogP contribution in [-0.2, 0) is 9.47 Å². The number of nitrogens with one attached hydrogen (secondary N) is 2. The minimum Gasteiger partial charge on any atom is -0.497 e. The van der Waals surface area contributed by atoms with Crippen LogP contribution in [0.2, 0.25) is 0 Å². The minimum absolute atomic E-state index is 0.0961. The van der Waals surface area contributed by atoms with Gasteiger partial charge in [0.25, 0.3) is 0 Å². The molecule has 1 heterocycles. The SMILES string of the molecule is CCO[C@@H]1COC[C@H]1NC(=O)Nc1ccc(-c2cccc(OC)c2)cc1. The third kappa shape index (κ3) is 4.53. The highest BCUT2D eigenvalue weighted by Gasteiger charge is 2.29. The first-order valence-corrected chi connectivity index (χ1v) is 8.71. The van der Waals surface area contributed by atoms with E-state index in [-0.39, 0.29) is 18.2 Å². The fraction of sp³-hybridized carbons (Fsp3) is 0.350. The molecular formula is C20H24N2O4. The molecule has 0 saturated carbocycles. The summed E-state index contributed by atoms with van der Waals surface area (Å²) in [6.07, 6.45) is -0.0961. The fourth-order valence-corrected chi connectivity index (χ4v) is 2.93. The molecule has 0 unspecified atom stereocenters. The van der Waals surface area contributed by atoms with E-state index in [9.17, 15) is 4.79 Å². The van der Waals surface area contributed by atoms with E-state index in [0.717, 1.165) is 22.6 Å². The Hall–Kier alpha value is -2.57. The van der Waals surface area contributed by atoms with Gasteiger partial charge >= 0.3 is 6.03 Å². The van der Waals surface area contributed by atoms with Gasteiger partial charge in [-0.3, -0.25) is 0 Å². The number of benzene rings is 2. The Kier molecular flexibility index (Phi) is 6.09. The fourth-order valence-electron chi connectivity index (χ4n) is 2.93. The van der Waals surface area contributed by atoms with Gasteiger partial charge in [-0.15, -0.1) is 0 Å². The van der Waals surface area contributed by atoms with Crippen LogP contribution in [-0.4, -0.2) is 45.1 Å². The van der Waals surface area contributed by atoms with Gasteiger partial charge in [-0.1, -0.05) is 24.3 Å². The summed E-state index contributed by atoms with van der Waals surface area (Å²) in [5.74, 6) is 0.812. The molecule has 1 fully saturated rings. The van der Waals surface area contributed by atoms with Crippen LogP contribution in [0.4, 0.5) is 10.5 Å². The van der Waals surface area contributed by atoms with E-state index in [4.69, 9.17) is 14.2 Å². The zero-order valence-corrected chi connectivity index (χ0v) is 15.0. The molecule has 1 aliphatic heterocycles. The molecule has 0 aliphatic carbocycles. The van der Waals surface area contributed by atoms with E-state index in [1.54, 1.807) is 7.11 Å². The number of hydrogen-bond donors (Lipinski definition) is 2. The zero-order valence-electron chi connectivity index (χ0n) is 15.0. The van der Waals surface area contributed by atoms with Gasteiger partial charge in [-0.2, -0.15) is 0 Å². The Labute approximate surface area is 153 Å². The van der Waals surface area contributed by atoms with Crippen LogP contribution in [0, 0.1) is 0 Å². The first kappa shape index (κ1) is 18.2. The van der Waals surface area contributed by atoms with E-state index in [1.165, 1.54) is 0 Å². The van der Waals surface area contributed by atoms with E-state index in [1.807, 2.05) is 55.5 Å². The van der Waals surface area contributed by atoms with Crippen LogP contribution in [0.1, 0.15) is 6.92 Å². The lowest BCUT2D eigenvalue weighted by molar-refractivity contribution is 0.0428. The molecule has 0 radical (unpaired) electrons. The number of rotatable bonds is 6. The van der Waals surface area contributed by atoms with Crippen molar-refractivity contribution in [1.29, 1.82) is 0 Å². The summed E-state index contributed by atoms with van der Waals surface area (Å²) in [6, 6.07) is 15.1. The molecule has 2 N–H and O–H groups in total. The summed E-state index contributed by atoms with van der Waals surface area (Å²) in [5.41, 5.74) is 2.83. The first-order valence-electron chi connectivity index (χ1n) is 8.71. The van der Waals surface area contributed by atoms with Crippen LogP contribution in [0.5, 0.6) is 5.75 Å². The van der Waals surface area contributed by atoms with Crippen LogP contribution in [0.3, 0.4) is 0 Å². The number of carbonyl (C=O) groups is 1. The molecule has 6 heteroatoms. The van der Waals surface area contributed by atoms with Crippen molar-refractivity contribution in [3.05, 3.63) is 48.5 Å². The normalized spacial score (nSPS) is 19.2. The summed E-state index contributed by atoms with van der Waals surface area (Å²) in [6.45, 7) is 3.50. The summed E-state index contributed by atoms with van der Waals surface area (Å²) < 4.78 is 16.2. The van der Waals surface area contributed by atoms with Crippen molar-refractivity contribution in [3.63, 3.8) is 0 Å². The Morgan fingerprint density at radius 3 is 2.69 bits per heavy atom. The van der Waals surface area contributed by atoms with Crippen molar-refractivity contribution < 1.29 is 19.0 Å². The van der Waals surface area contributed by atoms with Crippen molar-refractivity contribution in [2.45, 2.75) is 19.1 Å². The average Bonchev–Trinajstić information content (AvgIpc) is 3.09. The zero-order chi connectivity index (χ0) is 18.4. The number of urea groups is 1. The number of ether oxygens (including phenoxy) is 3. The molecule has 0 aromatic heterocycles. The van der Waals surface area contributed by atoms with E-state index < -0.39 is 0 Å². The highest BCUT2D eigenvalue weighted by molar-refractivity contribution is 5.89. The summed E-state index contributed by atoms with van der Waals surface area (Å²) in [4.78, 5) is 12.2. The predicted octanol–water partition coefficient (Wildman–Crippen LogP) is 3.29. The van der Waals surface area contributed by atoms with Crippen molar-refractivity contribution in [3.8, 4) is 16.9 Å². The second-order valence-electron chi connectivity index (χ2n) is 6.05. The molecule has 1 saturated heterocycles. The van der Waals surface area contributed by atoms with Crippen molar-refractivity contribution in [2.75, 3.05) is 32.2 Å². The number of anilines is 1. The molecule has 2 aromatic carbocycles. The molecule has 138 valence electrons. The molecule has 0 bridgehead atoms. The summed E-state index contributed by atoms with van der Waals surface area (Å²) >= 11 is 0. The van der Waals surface area contributed by atoms with Crippen molar-refractivity contribution >= 4 is 11.7 Å². The summed E-state index contributed by atoms with van der Waals surface area (Å²) in [5, 5.41) is 5.75. The number of carbonyl (C=O) groups excluding carboxylic acids is 1. The van der Waals surface area contributed by atoms with E-state index in [0.29, 0.717) is 19.8 Å². The van der Waals surface area contributed by atoms with Gasteiger partial charge in [0.2, 0.25) is 0 Å². The number of methoxy groups -OCH3 is 1. The Bertz CT molecular complexity index is 733. The predicted molar refractivity (Wildman–Crippen MR) is 101 cm³/mol. The monoisotopic (exact) mass is 356 g/mol. The molecule has 3 rings (SSSR count). The molecule has 26 heavy (non-hydrogen) atoms. The largest absolute Gasteiger partial charge is 0.497 e.